The molecule has 0 bridgehead atoms. The summed E-state index contributed by atoms with van der Waals surface area (Å²) in [6.45, 7) is 0.463. The van der Waals surface area contributed by atoms with Gasteiger partial charge in [-0.1, -0.05) is 0 Å². The van der Waals surface area contributed by atoms with Gasteiger partial charge in [-0.2, -0.15) is 0 Å². The molecule has 1 fully saturated rings. The Morgan fingerprint density at radius 3 is 2.88 bits per heavy atom. The van der Waals surface area contributed by atoms with E-state index in [9.17, 15) is 8.42 Å². The van der Waals surface area contributed by atoms with Crippen molar-refractivity contribution in [2.24, 2.45) is 11.7 Å². The van der Waals surface area contributed by atoms with Crippen LogP contribution in [0.25, 0.3) is 0 Å². The molecule has 0 spiro atoms. The third kappa shape index (κ3) is 3.24. The molecular weight excluding hydrogens is 238 g/mol. The molecular formula is C11H17N3O2S. The Kier molecular flexibility index (Phi) is 3.76. The van der Waals surface area contributed by atoms with E-state index in [1.807, 2.05) is 0 Å². The van der Waals surface area contributed by atoms with Gasteiger partial charge in [-0.15, -0.1) is 0 Å². The van der Waals surface area contributed by atoms with Gasteiger partial charge in [0.15, 0.2) is 0 Å². The summed E-state index contributed by atoms with van der Waals surface area (Å²) in [4.78, 5) is 4.01. The van der Waals surface area contributed by atoms with Crippen LogP contribution in [0.1, 0.15) is 19.3 Å². The van der Waals surface area contributed by atoms with Crippen molar-refractivity contribution in [1.29, 1.82) is 0 Å². The van der Waals surface area contributed by atoms with Crippen molar-refractivity contribution in [3.05, 3.63) is 24.5 Å². The van der Waals surface area contributed by atoms with E-state index in [0.29, 0.717) is 12.5 Å². The fourth-order valence-electron chi connectivity index (χ4n) is 2.12. The van der Waals surface area contributed by atoms with E-state index in [4.69, 9.17) is 5.73 Å². The van der Waals surface area contributed by atoms with Crippen LogP contribution in [0.15, 0.2) is 29.4 Å². The van der Waals surface area contributed by atoms with E-state index in [-0.39, 0.29) is 10.9 Å². The largest absolute Gasteiger partial charge is 0.328 e. The predicted molar refractivity (Wildman–Crippen MR) is 64.7 cm³/mol. The second-order valence-electron chi connectivity index (χ2n) is 4.48. The van der Waals surface area contributed by atoms with Gasteiger partial charge in [-0.25, -0.2) is 13.1 Å². The van der Waals surface area contributed by atoms with Crippen LogP contribution in [0, 0.1) is 5.92 Å². The molecule has 2 rings (SSSR count). The molecule has 1 aromatic heterocycles. The first kappa shape index (κ1) is 12.5. The van der Waals surface area contributed by atoms with E-state index in [0.717, 1.165) is 19.3 Å². The Morgan fingerprint density at radius 1 is 1.47 bits per heavy atom. The maximum atomic E-state index is 11.9. The van der Waals surface area contributed by atoms with E-state index >= 15 is 0 Å². The normalized spacial score (nSPS) is 25.0. The lowest BCUT2D eigenvalue weighted by Gasteiger charge is -2.11. The van der Waals surface area contributed by atoms with Gasteiger partial charge in [0.25, 0.3) is 0 Å². The van der Waals surface area contributed by atoms with Crippen molar-refractivity contribution in [1.82, 2.24) is 9.71 Å². The number of nitrogens with one attached hydrogen (secondary N) is 1. The summed E-state index contributed by atoms with van der Waals surface area (Å²) >= 11 is 0. The highest BCUT2D eigenvalue weighted by Crippen LogP contribution is 2.23. The standard InChI is InChI=1S/C11H17N3O2S/c12-10-4-3-9(6-10)7-14-17(15,16)11-2-1-5-13-8-11/h1-2,5,8-10,14H,3-4,6-7,12H2/t9-,10+/m1/s1. The number of hydrogen-bond acceptors (Lipinski definition) is 4. The van der Waals surface area contributed by atoms with Gasteiger partial charge in [-0.05, 0) is 37.3 Å². The first-order valence-electron chi connectivity index (χ1n) is 5.73. The molecule has 0 aliphatic heterocycles. The molecule has 17 heavy (non-hydrogen) atoms. The van der Waals surface area contributed by atoms with Gasteiger partial charge in [0.1, 0.15) is 4.90 Å². The van der Waals surface area contributed by atoms with Crippen LogP contribution in [0.2, 0.25) is 0 Å². The van der Waals surface area contributed by atoms with Crippen molar-refractivity contribution in [3.63, 3.8) is 0 Å². The maximum absolute atomic E-state index is 11.9. The number of pyridine rings is 1. The van der Waals surface area contributed by atoms with Crippen LogP contribution in [0.3, 0.4) is 0 Å². The van der Waals surface area contributed by atoms with Crippen molar-refractivity contribution < 1.29 is 8.42 Å². The first-order valence-corrected chi connectivity index (χ1v) is 7.21. The second-order valence-corrected chi connectivity index (χ2v) is 6.25. The van der Waals surface area contributed by atoms with Crippen LogP contribution in [-0.4, -0.2) is 26.0 Å². The number of nitrogens with zero attached hydrogens (tertiary/aromatic N) is 1. The molecule has 5 nitrogen and oxygen atoms in total. The van der Waals surface area contributed by atoms with Crippen molar-refractivity contribution in [2.75, 3.05) is 6.54 Å². The van der Waals surface area contributed by atoms with Crippen LogP contribution in [0.5, 0.6) is 0 Å². The Labute approximate surface area is 101 Å². The first-order chi connectivity index (χ1) is 8.08. The minimum Gasteiger partial charge on any atom is -0.328 e. The Bertz CT molecular complexity index is 461. The highest BCUT2D eigenvalue weighted by atomic mass is 32.2. The third-order valence-corrected chi connectivity index (χ3v) is 4.50. The number of sulfonamides is 1. The number of rotatable bonds is 4. The zero-order valence-electron chi connectivity index (χ0n) is 9.54. The van der Waals surface area contributed by atoms with Gasteiger partial charge in [0, 0.05) is 25.0 Å². The quantitative estimate of drug-likeness (QED) is 0.820. The van der Waals surface area contributed by atoms with Gasteiger partial charge in [0.2, 0.25) is 10.0 Å². The molecule has 0 radical (unpaired) electrons. The Balaban J connectivity index is 1.95. The van der Waals surface area contributed by atoms with Crippen molar-refractivity contribution >= 4 is 10.0 Å². The maximum Gasteiger partial charge on any atom is 0.242 e. The van der Waals surface area contributed by atoms with E-state index in [1.165, 1.54) is 12.3 Å². The molecule has 3 N–H and O–H groups in total. The number of aromatic nitrogens is 1. The molecule has 1 saturated carbocycles. The van der Waals surface area contributed by atoms with Crippen LogP contribution < -0.4 is 10.5 Å². The van der Waals surface area contributed by atoms with Crippen molar-refractivity contribution in [2.45, 2.75) is 30.2 Å². The minimum atomic E-state index is -3.42. The summed E-state index contributed by atoms with van der Waals surface area (Å²) in [6.07, 6.45) is 5.78. The fourth-order valence-corrected chi connectivity index (χ4v) is 3.20. The molecule has 1 heterocycles. The Hall–Kier alpha value is -0.980. The molecule has 1 aromatic rings. The summed E-state index contributed by atoms with van der Waals surface area (Å²) in [7, 11) is -3.42. The highest BCUT2D eigenvalue weighted by molar-refractivity contribution is 7.89. The fraction of sp³-hybridized carbons (Fsp3) is 0.545. The topological polar surface area (TPSA) is 85.1 Å². The number of hydrogen-bond donors (Lipinski definition) is 2. The lowest BCUT2D eigenvalue weighted by Crippen LogP contribution is -2.29. The number of nitrogens with two attached hydrogens (primary N) is 1. The lowest BCUT2D eigenvalue weighted by molar-refractivity contribution is 0.512. The van der Waals surface area contributed by atoms with E-state index in [2.05, 4.69) is 9.71 Å². The molecule has 1 aliphatic carbocycles. The highest BCUT2D eigenvalue weighted by Gasteiger charge is 2.23. The summed E-state index contributed by atoms with van der Waals surface area (Å²) in [5, 5.41) is 0. The van der Waals surface area contributed by atoms with Gasteiger partial charge in [-0.3, -0.25) is 4.98 Å². The average molecular weight is 255 g/mol. The summed E-state index contributed by atoms with van der Waals surface area (Å²) in [6, 6.07) is 3.37. The van der Waals surface area contributed by atoms with Crippen LogP contribution >= 0.6 is 0 Å². The SMILES string of the molecule is N[C@H]1CC[C@@H](CNS(=O)(=O)c2cccnc2)C1. The molecule has 0 amide bonds. The second kappa shape index (κ2) is 5.12. The predicted octanol–water partition coefficient (Wildman–Crippen LogP) is 0.487. The molecule has 94 valence electrons. The van der Waals surface area contributed by atoms with E-state index in [1.54, 1.807) is 12.3 Å². The molecule has 6 heteroatoms. The summed E-state index contributed by atoms with van der Waals surface area (Å²) in [5.74, 6) is 0.358. The molecule has 2 atom stereocenters. The van der Waals surface area contributed by atoms with Crippen LogP contribution in [0.4, 0.5) is 0 Å². The zero-order valence-corrected chi connectivity index (χ0v) is 10.4. The lowest BCUT2D eigenvalue weighted by atomic mass is 10.1. The van der Waals surface area contributed by atoms with Crippen molar-refractivity contribution in [3.8, 4) is 0 Å². The molecule has 1 aliphatic rings. The average Bonchev–Trinajstić information content (AvgIpc) is 2.74. The van der Waals surface area contributed by atoms with E-state index < -0.39 is 10.0 Å². The smallest absolute Gasteiger partial charge is 0.242 e. The summed E-state index contributed by atoms with van der Waals surface area (Å²) in [5.41, 5.74) is 5.79. The van der Waals surface area contributed by atoms with Gasteiger partial charge in [0.05, 0.1) is 0 Å². The zero-order chi connectivity index (χ0) is 12.3. The molecule has 0 aromatic carbocycles. The van der Waals surface area contributed by atoms with Gasteiger partial charge < -0.3 is 5.73 Å². The van der Waals surface area contributed by atoms with Gasteiger partial charge >= 0.3 is 0 Å². The minimum absolute atomic E-state index is 0.210. The molecule has 0 saturated heterocycles. The Morgan fingerprint density at radius 2 is 2.29 bits per heavy atom. The summed E-state index contributed by atoms with van der Waals surface area (Å²) < 4.78 is 26.4. The molecule has 0 unspecified atom stereocenters. The third-order valence-electron chi connectivity index (χ3n) is 3.09. The monoisotopic (exact) mass is 255 g/mol. The van der Waals surface area contributed by atoms with Crippen LogP contribution in [-0.2, 0) is 10.0 Å².